The zero-order chi connectivity index (χ0) is 16.7. The third-order valence-electron chi connectivity index (χ3n) is 3.86. The number of carbonyl (C=O) groups excluding carboxylic acids is 1. The van der Waals surface area contributed by atoms with Crippen LogP contribution in [0.25, 0.3) is 10.8 Å². The average molecular weight is 315 g/mol. The van der Waals surface area contributed by atoms with Crippen molar-refractivity contribution >= 4 is 16.8 Å². The van der Waals surface area contributed by atoms with Crippen molar-refractivity contribution in [2.75, 3.05) is 20.2 Å². The average Bonchev–Trinajstić information content (AvgIpc) is 2.58. The molecular weight excluding hydrogens is 290 g/mol. The molecule has 5 heteroatoms. The molecular formula is C18H25N3O2. The number of ether oxygens (including phenoxy) is 1. The molecule has 1 aromatic carbocycles. The van der Waals surface area contributed by atoms with Crippen LogP contribution in [0.15, 0.2) is 36.7 Å². The van der Waals surface area contributed by atoms with E-state index < -0.39 is 0 Å². The van der Waals surface area contributed by atoms with Gasteiger partial charge in [-0.3, -0.25) is 4.98 Å². The van der Waals surface area contributed by atoms with Crippen molar-refractivity contribution < 1.29 is 9.53 Å². The Morgan fingerprint density at radius 2 is 2.17 bits per heavy atom. The van der Waals surface area contributed by atoms with Crippen LogP contribution in [0.2, 0.25) is 0 Å². The SMILES string of the molecule is CCO[C@H](CC)CNC(=O)N(C)Cc1cccc2cnccc12. The summed E-state index contributed by atoms with van der Waals surface area (Å²) in [5.41, 5.74) is 1.11. The molecule has 0 bridgehead atoms. The lowest BCUT2D eigenvalue weighted by Gasteiger charge is -2.21. The number of fused-ring (bicyclic) bond motifs is 1. The fourth-order valence-electron chi connectivity index (χ4n) is 2.55. The van der Waals surface area contributed by atoms with Crippen LogP contribution in [0.1, 0.15) is 25.8 Å². The zero-order valence-corrected chi connectivity index (χ0v) is 14.1. The molecule has 0 aliphatic carbocycles. The lowest BCUT2D eigenvalue weighted by molar-refractivity contribution is 0.0608. The monoisotopic (exact) mass is 315 g/mol. The number of nitrogens with zero attached hydrogens (tertiary/aromatic N) is 2. The van der Waals surface area contributed by atoms with Crippen LogP contribution in [-0.4, -0.2) is 42.2 Å². The standard InChI is InChI=1S/C18H25N3O2/c1-4-16(23-5-2)12-20-18(22)21(3)13-15-8-6-7-14-11-19-10-9-17(14)15/h6-11,16H,4-5,12-13H2,1-3H3,(H,20,22)/t16-/m1/s1. The highest BCUT2D eigenvalue weighted by Crippen LogP contribution is 2.18. The first-order valence-electron chi connectivity index (χ1n) is 8.07. The van der Waals surface area contributed by atoms with Gasteiger partial charge in [0.05, 0.1) is 6.10 Å². The molecule has 0 unspecified atom stereocenters. The number of rotatable bonds is 7. The normalized spacial score (nSPS) is 12.1. The van der Waals surface area contributed by atoms with E-state index in [0.29, 0.717) is 19.7 Å². The second-order valence-corrected chi connectivity index (χ2v) is 5.54. The molecule has 1 atom stereocenters. The van der Waals surface area contributed by atoms with E-state index in [1.165, 1.54) is 0 Å². The molecule has 0 radical (unpaired) electrons. The van der Waals surface area contributed by atoms with Crippen molar-refractivity contribution in [1.82, 2.24) is 15.2 Å². The molecule has 124 valence electrons. The zero-order valence-electron chi connectivity index (χ0n) is 14.1. The molecule has 2 rings (SSSR count). The van der Waals surface area contributed by atoms with Crippen molar-refractivity contribution in [3.8, 4) is 0 Å². The first kappa shape index (κ1) is 17.2. The van der Waals surface area contributed by atoms with E-state index in [0.717, 1.165) is 22.8 Å². The topological polar surface area (TPSA) is 54.5 Å². The summed E-state index contributed by atoms with van der Waals surface area (Å²) < 4.78 is 5.56. The third-order valence-corrected chi connectivity index (χ3v) is 3.86. The van der Waals surface area contributed by atoms with Crippen LogP contribution in [0.5, 0.6) is 0 Å². The molecule has 23 heavy (non-hydrogen) atoms. The first-order chi connectivity index (χ1) is 11.2. The van der Waals surface area contributed by atoms with E-state index >= 15 is 0 Å². The minimum atomic E-state index is -0.0887. The van der Waals surface area contributed by atoms with Crippen LogP contribution < -0.4 is 5.32 Å². The molecule has 5 nitrogen and oxygen atoms in total. The molecule has 0 fully saturated rings. The van der Waals surface area contributed by atoms with Crippen LogP contribution >= 0.6 is 0 Å². The number of hydrogen-bond donors (Lipinski definition) is 1. The van der Waals surface area contributed by atoms with Crippen molar-refractivity contribution in [3.63, 3.8) is 0 Å². The minimum absolute atomic E-state index is 0.0704. The predicted molar refractivity (Wildman–Crippen MR) is 92.3 cm³/mol. The maximum Gasteiger partial charge on any atom is 0.317 e. The fraction of sp³-hybridized carbons (Fsp3) is 0.444. The highest BCUT2D eigenvalue weighted by atomic mass is 16.5. The van der Waals surface area contributed by atoms with Crippen molar-refractivity contribution in [3.05, 3.63) is 42.2 Å². The maximum absolute atomic E-state index is 12.3. The van der Waals surface area contributed by atoms with Crippen LogP contribution in [-0.2, 0) is 11.3 Å². The highest BCUT2D eigenvalue weighted by molar-refractivity contribution is 5.85. The Bertz CT molecular complexity index is 640. The number of amides is 2. The molecule has 0 aliphatic rings. The second-order valence-electron chi connectivity index (χ2n) is 5.54. The Kier molecular flexibility index (Phi) is 6.35. The van der Waals surface area contributed by atoms with Gasteiger partial charge in [-0.1, -0.05) is 25.1 Å². The fourth-order valence-corrected chi connectivity index (χ4v) is 2.55. The van der Waals surface area contributed by atoms with Crippen LogP contribution in [0.3, 0.4) is 0 Å². The lowest BCUT2D eigenvalue weighted by Crippen LogP contribution is -2.41. The molecule has 2 aromatic rings. The number of urea groups is 1. The van der Waals surface area contributed by atoms with Gasteiger partial charge < -0.3 is 15.0 Å². The quantitative estimate of drug-likeness (QED) is 0.853. The van der Waals surface area contributed by atoms with Gasteiger partial charge in [0.2, 0.25) is 0 Å². The molecule has 0 aliphatic heterocycles. The largest absolute Gasteiger partial charge is 0.377 e. The third kappa shape index (κ3) is 4.66. The highest BCUT2D eigenvalue weighted by Gasteiger charge is 2.13. The molecule has 0 spiro atoms. The lowest BCUT2D eigenvalue weighted by atomic mass is 10.1. The van der Waals surface area contributed by atoms with E-state index in [-0.39, 0.29) is 12.1 Å². The summed E-state index contributed by atoms with van der Waals surface area (Å²) in [6.45, 7) is 5.77. The van der Waals surface area contributed by atoms with Crippen LogP contribution in [0, 0.1) is 0 Å². The number of carbonyl (C=O) groups is 1. The van der Waals surface area contributed by atoms with E-state index in [2.05, 4.69) is 17.2 Å². The number of aromatic nitrogens is 1. The Hall–Kier alpha value is -2.14. The van der Waals surface area contributed by atoms with E-state index in [4.69, 9.17) is 4.74 Å². The Labute approximate surface area is 137 Å². The number of pyridine rings is 1. The first-order valence-corrected chi connectivity index (χ1v) is 8.07. The van der Waals surface area contributed by atoms with Crippen LogP contribution in [0.4, 0.5) is 4.79 Å². The Morgan fingerprint density at radius 1 is 1.35 bits per heavy atom. The summed E-state index contributed by atoms with van der Waals surface area (Å²) in [6, 6.07) is 7.96. The summed E-state index contributed by atoms with van der Waals surface area (Å²) in [5, 5.41) is 5.15. The van der Waals surface area contributed by atoms with Crippen molar-refractivity contribution in [2.45, 2.75) is 32.9 Å². The summed E-state index contributed by atoms with van der Waals surface area (Å²) in [7, 11) is 1.80. The van der Waals surface area contributed by atoms with Gasteiger partial charge in [-0.15, -0.1) is 0 Å². The van der Waals surface area contributed by atoms with E-state index in [9.17, 15) is 4.79 Å². The van der Waals surface area contributed by atoms with Gasteiger partial charge >= 0.3 is 6.03 Å². The second kappa shape index (κ2) is 8.48. The van der Waals surface area contributed by atoms with E-state index in [1.54, 1.807) is 18.1 Å². The molecule has 1 N–H and O–H groups in total. The smallest absolute Gasteiger partial charge is 0.317 e. The van der Waals surface area contributed by atoms with Gasteiger partial charge in [0, 0.05) is 44.5 Å². The van der Waals surface area contributed by atoms with Gasteiger partial charge in [-0.25, -0.2) is 4.79 Å². The summed E-state index contributed by atoms with van der Waals surface area (Å²) in [5.74, 6) is 0. The van der Waals surface area contributed by atoms with Gasteiger partial charge in [0.25, 0.3) is 0 Å². The molecule has 1 heterocycles. The summed E-state index contributed by atoms with van der Waals surface area (Å²) in [4.78, 5) is 18.1. The van der Waals surface area contributed by atoms with E-state index in [1.807, 2.05) is 37.4 Å². The Morgan fingerprint density at radius 3 is 2.91 bits per heavy atom. The van der Waals surface area contributed by atoms with Gasteiger partial charge in [0.15, 0.2) is 0 Å². The Balaban J connectivity index is 1.97. The number of nitrogens with one attached hydrogen (secondary N) is 1. The summed E-state index contributed by atoms with van der Waals surface area (Å²) >= 11 is 0. The molecule has 0 saturated carbocycles. The molecule has 1 aromatic heterocycles. The van der Waals surface area contributed by atoms with Crippen molar-refractivity contribution in [2.24, 2.45) is 0 Å². The van der Waals surface area contributed by atoms with Gasteiger partial charge in [-0.2, -0.15) is 0 Å². The number of hydrogen-bond acceptors (Lipinski definition) is 3. The van der Waals surface area contributed by atoms with Gasteiger partial charge in [-0.05, 0) is 30.4 Å². The minimum Gasteiger partial charge on any atom is -0.377 e. The number of benzene rings is 1. The maximum atomic E-state index is 12.3. The summed E-state index contributed by atoms with van der Waals surface area (Å²) in [6.07, 6.45) is 4.57. The molecule has 2 amide bonds. The van der Waals surface area contributed by atoms with Gasteiger partial charge in [0.1, 0.15) is 0 Å². The predicted octanol–water partition coefficient (Wildman–Crippen LogP) is 3.19. The van der Waals surface area contributed by atoms with Crippen molar-refractivity contribution in [1.29, 1.82) is 0 Å². The molecule has 0 saturated heterocycles.